The lowest BCUT2D eigenvalue weighted by atomic mass is 10.3. The van der Waals surface area contributed by atoms with Crippen LogP contribution in [0.1, 0.15) is 12.8 Å². The van der Waals surface area contributed by atoms with E-state index in [4.69, 9.17) is 11.6 Å². The standard InChI is InChI=1S/C10H7ClFNS2/c11-7-3-8(12)9(13-5-14)4-10(7)15-6-1-2-6/h3-4,6H,1-2H2. The molecule has 0 aromatic heterocycles. The van der Waals surface area contributed by atoms with Crippen LogP contribution in [-0.4, -0.2) is 10.4 Å². The van der Waals surface area contributed by atoms with Crippen LogP contribution in [0.3, 0.4) is 0 Å². The van der Waals surface area contributed by atoms with Crippen LogP contribution in [-0.2, 0) is 0 Å². The molecule has 0 N–H and O–H groups in total. The van der Waals surface area contributed by atoms with Crippen molar-refractivity contribution in [1.29, 1.82) is 0 Å². The van der Waals surface area contributed by atoms with Crippen molar-refractivity contribution >= 4 is 46.4 Å². The maximum atomic E-state index is 13.3. The van der Waals surface area contributed by atoms with Gasteiger partial charge in [0.2, 0.25) is 0 Å². The maximum Gasteiger partial charge on any atom is 0.151 e. The zero-order chi connectivity index (χ0) is 10.8. The summed E-state index contributed by atoms with van der Waals surface area (Å²) in [4.78, 5) is 4.52. The van der Waals surface area contributed by atoms with Crippen molar-refractivity contribution in [2.24, 2.45) is 4.99 Å². The summed E-state index contributed by atoms with van der Waals surface area (Å²) in [7, 11) is 0. The van der Waals surface area contributed by atoms with Gasteiger partial charge in [-0.15, -0.1) is 11.8 Å². The van der Waals surface area contributed by atoms with Crippen LogP contribution >= 0.6 is 35.6 Å². The third kappa shape index (κ3) is 2.79. The highest BCUT2D eigenvalue weighted by Crippen LogP contribution is 2.43. The van der Waals surface area contributed by atoms with E-state index in [2.05, 4.69) is 22.4 Å². The van der Waals surface area contributed by atoms with Crippen LogP contribution < -0.4 is 0 Å². The van der Waals surface area contributed by atoms with E-state index in [0.29, 0.717) is 10.3 Å². The second-order valence-electron chi connectivity index (χ2n) is 3.25. The lowest BCUT2D eigenvalue weighted by molar-refractivity contribution is 0.629. The zero-order valence-electron chi connectivity index (χ0n) is 7.67. The van der Waals surface area contributed by atoms with Gasteiger partial charge in [-0.3, -0.25) is 0 Å². The van der Waals surface area contributed by atoms with Gasteiger partial charge in [0.05, 0.1) is 10.2 Å². The molecule has 2 rings (SSSR count). The monoisotopic (exact) mass is 259 g/mol. The van der Waals surface area contributed by atoms with Crippen LogP contribution in [0.25, 0.3) is 0 Å². The van der Waals surface area contributed by atoms with Crippen LogP contribution in [0.4, 0.5) is 10.1 Å². The fourth-order valence-electron chi connectivity index (χ4n) is 1.11. The molecule has 1 saturated carbocycles. The van der Waals surface area contributed by atoms with Gasteiger partial charge in [0.25, 0.3) is 0 Å². The average Bonchev–Trinajstić information content (AvgIpc) is 2.97. The molecule has 0 heterocycles. The minimum absolute atomic E-state index is 0.206. The lowest BCUT2D eigenvalue weighted by Crippen LogP contribution is -1.82. The Balaban J connectivity index is 2.35. The number of nitrogens with zero attached hydrogens (tertiary/aromatic N) is 1. The Bertz CT molecular complexity index is 439. The summed E-state index contributed by atoms with van der Waals surface area (Å²) in [6.07, 6.45) is 2.40. The van der Waals surface area contributed by atoms with Crippen LogP contribution in [0.5, 0.6) is 0 Å². The van der Waals surface area contributed by atoms with Gasteiger partial charge in [0.15, 0.2) is 5.82 Å². The Labute approximate surface area is 102 Å². The molecule has 0 saturated heterocycles. The molecular weight excluding hydrogens is 253 g/mol. The van der Waals surface area contributed by atoms with E-state index in [0.717, 1.165) is 4.90 Å². The predicted molar refractivity (Wildman–Crippen MR) is 65.0 cm³/mol. The van der Waals surface area contributed by atoms with Crippen LogP contribution in [0.2, 0.25) is 5.02 Å². The topological polar surface area (TPSA) is 12.4 Å². The summed E-state index contributed by atoms with van der Waals surface area (Å²) < 4.78 is 13.3. The summed E-state index contributed by atoms with van der Waals surface area (Å²) in [5, 5.41) is 3.22. The van der Waals surface area contributed by atoms with Crippen molar-refractivity contribution < 1.29 is 4.39 Å². The Morgan fingerprint density at radius 3 is 2.87 bits per heavy atom. The molecule has 1 fully saturated rings. The maximum absolute atomic E-state index is 13.3. The third-order valence-electron chi connectivity index (χ3n) is 1.99. The van der Waals surface area contributed by atoms with Crippen molar-refractivity contribution in [3.05, 3.63) is 23.0 Å². The van der Waals surface area contributed by atoms with Gasteiger partial charge in [-0.25, -0.2) is 4.39 Å². The van der Waals surface area contributed by atoms with Crippen molar-refractivity contribution in [2.75, 3.05) is 0 Å². The van der Waals surface area contributed by atoms with E-state index >= 15 is 0 Å². The minimum Gasteiger partial charge on any atom is -0.205 e. The molecule has 0 aliphatic heterocycles. The van der Waals surface area contributed by atoms with Crippen molar-refractivity contribution in [3.8, 4) is 0 Å². The molecule has 0 spiro atoms. The highest BCUT2D eigenvalue weighted by molar-refractivity contribution is 8.00. The Morgan fingerprint density at radius 2 is 2.27 bits per heavy atom. The number of thiocarbonyl (C=S) groups is 1. The van der Waals surface area contributed by atoms with Crippen molar-refractivity contribution in [3.63, 3.8) is 0 Å². The minimum atomic E-state index is -0.461. The van der Waals surface area contributed by atoms with E-state index in [1.165, 1.54) is 18.9 Å². The number of halogens is 2. The van der Waals surface area contributed by atoms with E-state index in [1.807, 2.05) is 0 Å². The Morgan fingerprint density at radius 1 is 1.53 bits per heavy atom. The van der Waals surface area contributed by atoms with Gasteiger partial charge in [-0.2, -0.15) is 4.99 Å². The first kappa shape index (κ1) is 11.1. The summed E-state index contributed by atoms with van der Waals surface area (Å²) in [6, 6.07) is 2.90. The van der Waals surface area contributed by atoms with Gasteiger partial charge < -0.3 is 0 Å². The smallest absolute Gasteiger partial charge is 0.151 e. The number of isothiocyanates is 1. The molecule has 0 unspecified atom stereocenters. The quantitative estimate of drug-likeness (QED) is 0.587. The number of hydrogen-bond acceptors (Lipinski definition) is 3. The molecule has 15 heavy (non-hydrogen) atoms. The summed E-state index contributed by atoms with van der Waals surface area (Å²) >= 11 is 12.0. The molecule has 0 radical (unpaired) electrons. The Kier molecular flexibility index (Phi) is 3.42. The largest absolute Gasteiger partial charge is 0.205 e. The normalized spacial score (nSPS) is 14.8. The second kappa shape index (κ2) is 4.62. The predicted octanol–water partition coefficient (Wildman–Crippen LogP) is 4.47. The van der Waals surface area contributed by atoms with E-state index < -0.39 is 5.82 Å². The molecule has 1 aromatic rings. The fraction of sp³-hybridized carbons (Fsp3) is 0.300. The summed E-state index contributed by atoms with van der Waals surface area (Å²) in [6.45, 7) is 0. The molecule has 1 aromatic carbocycles. The zero-order valence-corrected chi connectivity index (χ0v) is 10.1. The first-order valence-corrected chi connectivity index (χ1v) is 6.11. The number of hydrogen-bond donors (Lipinski definition) is 0. The molecule has 1 nitrogen and oxygen atoms in total. The van der Waals surface area contributed by atoms with Crippen LogP contribution in [0, 0.1) is 5.82 Å². The summed E-state index contributed by atoms with van der Waals surface area (Å²) in [5.74, 6) is -0.461. The highest BCUT2D eigenvalue weighted by Gasteiger charge is 2.24. The molecule has 78 valence electrons. The van der Waals surface area contributed by atoms with Gasteiger partial charge >= 0.3 is 0 Å². The second-order valence-corrected chi connectivity index (χ2v) is 5.19. The van der Waals surface area contributed by atoms with Gasteiger partial charge in [0.1, 0.15) is 5.69 Å². The number of benzene rings is 1. The van der Waals surface area contributed by atoms with Crippen LogP contribution in [0.15, 0.2) is 22.0 Å². The molecule has 0 bridgehead atoms. The molecule has 1 aliphatic carbocycles. The number of thioether (sulfide) groups is 1. The average molecular weight is 260 g/mol. The van der Waals surface area contributed by atoms with Gasteiger partial charge in [-0.05, 0) is 37.2 Å². The lowest BCUT2D eigenvalue weighted by Gasteiger charge is -2.04. The third-order valence-corrected chi connectivity index (χ3v) is 3.90. The van der Waals surface area contributed by atoms with E-state index in [1.54, 1.807) is 17.8 Å². The van der Waals surface area contributed by atoms with E-state index in [9.17, 15) is 4.39 Å². The number of aliphatic imine (C=N–C) groups is 1. The van der Waals surface area contributed by atoms with E-state index in [-0.39, 0.29) is 5.69 Å². The van der Waals surface area contributed by atoms with Crippen molar-refractivity contribution in [1.82, 2.24) is 0 Å². The molecule has 1 aliphatic rings. The molecule has 0 atom stereocenters. The highest BCUT2D eigenvalue weighted by atomic mass is 35.5. The SMILES string of the molecule is Fc1cc(Cl)c(SC2CC2)cc1N=C=S. The van der Waals surface area contributed by atoms with Gasteiger partial charge in [-0.1, -0.05) is 11.6 Å². The first-order valence-electron chi connectivity index (χ1n) is 4.44. The number of rotatable bonds is 3. The fourth-order valence-corrected chi connectivity index (χ4v) is 2.57. The molecule has 5 heteroatoms. The molecule has 0 amide bonds. The first-order chi connectivity index (χ1) is 7.20. The Hall–Kier alpha value is -0.410. The summed E-state index contributed by atoms with van der Waals surface area (Å²) in [5.41, 5.74) is 0.206. The van der Waals surface area contributed by atoms with Gasteiger partial charge in [0, 0.05) is 10.1 Å². The molecular formula is C10H7ClFNS2. The van der Waals surface area contributed by atoms with Crippen molar-refractivity contribution in [2.45, 2.75) is 23.0 Å².